The number of nitrogens with zero attached hydrogens (tertiary/aromatic N) is 3. The molecule has 0 atom stereocenters. The SMILES string of the molecule is c1ccc(-c2cccc(-c3ccc(C4(c5ccc(-c6nc(-c7ccccc7)nc(-c7cccc8ccccc78)n6)cc5)CCCCC4)cc3)c2)cc1. The molecule has 3 nitrogen and oxygen atoms in total. The van der Waals surface area contributed by atoms with Crippen molar-refractivity contribution in [3.8, 4) is 56.4 Å². The van der Waals surface area contributed by atoms with E-state index in [2.05, 4.69) is 158 Å². The molecule has 0 spiro atoms. The summed E-state index contributed by atoms with van der Waals surface area (Å²) >= 11 is 0. The average Bonchev–Trinajstić information content (AvgIpc) is 3.24. The van der Waals surface area contributed by atoms with Crippen LogP contribution in [0.1, 0.15) is 43.2 Å². The smallest absolute Gasteiger partial charge is 0.164 e. The number of aromatic nitrogens is 3. The minimum Gasteiger partial charge on any atom is -0.208 e. The highest BCUT2D eigenvalue weighted by atomic mass is 15.0. The number of benzene rings is 7. The summed E-state index contributed by atoms with van der Waals surface area (Å²) < 4.78 is 0. The Morgan fingerprint density at radius 1 is 0.346 bits per heavy atom. The fourth-order valence-electron chi connectivity index (χ4n) is 8.09. The molecule has 0 aliphatic heterocycles. The van der Waals surface area contributed by atoms with Gasteiger partial charge in [0.15, 0.2) is 17.5 Å². The number of hydrogen-bond donors (Lipinski definition) is 0. The van der Waals surface area contributed by atoms with Gasteiger partial charge in [-0.2, -0.15) is 0 Å². The summed E-state index contributed by atoms with van der Waals surface area (Å²) in [5, 5.41) is 2.30. The standard InChI is InChI=1S/C49H39N3/c1-4-14-35(15-5-1)40-20-12-21-41(34-40)36-24-28-42(29-25-36)49(32-10-3-11-33-49)43-30-26-39(27-31-43)47-50-46(38-17-6-2-7-18-38)51-48(52-47)45-23-13-19-37-16-8-9-22-44(37)45/h1-2,4-9,12-31,34H,3,10-11,32-33H2. The van der Waals surface area contributed by atoms with Crippen LogP contribution >= 0.6 is 0 Å². The minimum atomic E-state index is -0.0242. The Morgan fingerprint density at radius 3 is 1.46 bits per heavy atom. The Labute approximate surface area is 305 Å². The molecule has 1 aromatic heterocycles. The lowest BCUT2D eigenvalue weighted by Crippen LogP contribution is -2.30. The van der Waals surface area contributed by atoms with Crippen LogP contribution < -0.4 is 0 Å². The highest BCUT2D eigenvalue weighted by Crippen LogP contribution is 2.46. The van der Waals surface area contributed by atoms with Gasteiger partial charge in [-0.1, -0.05) is 189 Å². The van der Waals surface area contributed by atoms with E-state index in [1.165, 1.54) is 58.0 Å². The third-order valence-electron chi connectivity index (χ3n) is 10.8. The van der Waals surface area contributed by atoms with Crippen LogP contribution in [0.25, 0.3) is 67.2 Å². The first-order chi connectivity index (χ1) is 25.7. The molecule has 0 saturated heterocycles. The average molecular weight is 670 g/mol. The zero-order valence-electron chi connectivity index (χ0n) is 29.1. The first kappa shape index (κ1) is 31.8. The van der Waals surface area contributed by atoms with Gasteiger partial charge in [0.05, 0.1) is 0 Å². The maximum absolute atomic E-state index is 5.11. The molecular weight excluding hydrogens is 631 g/mol. The van der Waals surface area contributed by atoms with Crippen molar-refractivity contribution in [2.45, 2.75) is 37.5 Å². The lowest BCUT2D eigenvalue weighted by atomic mass is 9.65. The molecule has 1 saturated carbocycles. The summed E-state index contributed by atoms with van der Waals surface area (Å²) in [6.07, 6.45) is 6.03. The van der Waals surface area contributed by atoms with Crippen LogP contribution in [-0.2, 0) is 5.41 Å². The van der Waals surface area contributed by atoms with Gasteiger partial charge in [-0.25, -0.2) is 15.0 Å². The molecule has 0 unspecified atom stereocenters. The third kappa shape index (κ3) is 6.09. The van der Waals surface area contributed by atoms with E-state index in [1.54, 1.807) is 0 Å². The summed E-state index contributed by atoms with van der Waals surface area (Å²) in [5.41, 5.74) is 10.7. The van der Waals surface area contributed by atoms with Gasteiger partial charge in [0.1, 0.15) is 0 Å². The molecule has 1 aliphatic rings. The molecule has 3 heteroatoms. The topological polar surface area (TPSA) is 38.7 Å². The third-order valence-corrected chi connectivity index (χ3v) is 10.8. The van der Waals surface area contributed by atoms with Crippen molar-refractivity contribution in [1.29, 1.82) is 0 Å². The normalized spacial score (nSPS) is 13.9. The van der Waals surface area contributed by atoms with Crippen LogP contribution in [0, 0.1) is 0 Å². The van der Waals surface area contributed by atoms with Crippen LogP contribution in [0.3, 0.4) is 0 Å². The molecule has 0 bridgehead atoms. The van der Waals surface area contributed by atoms with Crippen molar-refractivity contribution < 1.29 is 0 Å². The second kappa shape index (κ2) is 13.8. The maximum atomic E-state index is 5.11. The van der Waals surface area contributed by atoms with E-state index in [0.29, 0.717) is 17.5 Å². The fraction of sp³-hybridized carbons (Fsp3) is 0.122. The summed E-state index contributed by atoms with van der Waals surface area (Å²) in [5.74, 6) is 2.04. The van der Waals surface area contributed by atoms with E-state index in [9.17, 15) is 0 Å². The van der Waals surface area contributed by atoms with Gasteiger partial charge in [0.2, 0.25) is 0 Å². The van der Waals surface area contributed by atoms with Crippen LogP contribution in [0.2, 0.25) is 0 Å². The van der Waals surface area contributed by atoms with Crippen molar-refractivity contribution >= 4 is 10.8 Å². The fourth-order valence-corrected chi connectivity index (χ4v) is 8.09. The van der Waals surface area contributed by atoms with Crippen LogP contribution in [0.15, 0.2) is 176 Å². The first-order valence-electron chi connectivity index (χ1n) is 18.4. The van der Waals surface area contributed by atoms with Crippen molar-refractivity contribution in [3.05, 3.63) is 187 Å². The van der Waals surface area contributed by atoms with Gasteiger partial charge < -0.3 is 0 Å². The largest absolute Gasteiger partial charge is 0.208 e. The molecule has 250 valence electrons. The van der Waals surface area contributed by atoms with Crippen molar-refractivity contribution in [2.75, 3.05) is 0 Å². The summed E-state index contributed by atoms with van der Waals surface area (Å²) in [7, 11) is 0. The molecule has 1 aliphatic carbocycles. The lowest BCUT2D eigenvalue weighted by Gasteiger charge is -2.39. The Morgan fingerprint density at radius 2 is 0.808 bits per heavy atom. The van der Waals surface area contributed by atoms with Gasteiger partial charge >= 0.3 is 0 Å². The Balaban J connectivity index is 1.08. The predicted octanol–water partition coefficient (Wildman–Crippen LogP) is 12.6. The molecule has 9 rings (SSSR count). The molecule has 0 N–H and O–H groups in total. The molecular formula is C49H39N3. The molecule has 7 aromatic carbocycles. The summed E-state index contributed by atoms with van der Waals surface area (Å²) in [6.45, 7) is 0. The van der Waals surface area contributed by atoms with Gasteiger partial charge in [-0.15, -0.1) is 0 Å². The van der Waals surface area contributed by atoms with E-state index in [4.69, 9.17) is 15.0 Å². The van der Waals surface area contributed by atoms with E-state index in [0.717, 1.165) is 34.9 Å². The Hall–Kier alpha value is -6.19. The van der Waals surface area contributed by atoms with E-state index < -0.39 is 0 Å². The zero-order chi connectivity index (χ0) is 34.7. The maximum Gasteiger partial charge on any atom is 0.164 e. The van der Waals surface area contributed by atoms with E-state index in [-0.39, 0.29) is 5.41 Å². The van der Waals surface area contributed by atoms with Gasteiger partial charge in [-0.05, 0) is 63.1 Å². The number of hydrogen-bond acceptors (Lipinski definition) is 3. The molecule has 0 amide bonds. The van der Waals surface area contributed by atoms with Crippen LogP contribution in [0.5, 0.6) is 0 Å². The van der Waals surface area contributed by atoms with Gasteiger partial charge in [0, 0.05) is 22.1 Å². The number of fused-ring (bicyclic) bond motifs is 1. The molecule has 0 radical (unpaired) electrons. The predicted molar refractivity (Wildman–Crippen MR) is 215 cm³/mol. The second-order valence-electron chi connectivity index (χ2n) is 13.9. The minimum absolute atomic E-state index is 0.0242. The quantitative estimate of drug-likeness (QED) is 0.169. The molecule has 52 heavy (non-hydrogen) atoms. The van der Waals surface area contributed by atoms with Crippen molar-refractivity contribution in [2.24, 2.45) is 0 Å². The molecule has 1 fully saturated rings. The van der Waals surface area contributed by atoms with Crippen molar-refractivity contribution in [3.63, 3.8) is 0 Å². The number of rotatable bonds is 7. The second-order valence-corrected chi connectivity index (χ2v) is 13.9. The summed E-state index contributed by atoms with van der Waals surface area (Å²) in [4.78, 5) is 15.2. The first-order valence-corrected chi connectivity index (χ1v) is 18.4. The highest BCUT2D eigenvalue weighted by Gasteiger charge is 2.35. The molecule has 1 heterocycles. The highest BCUT2D eigenvalue weighted by molar-refractivity contribution is 5.95. The van der Waals surface area contributed by atoms with Crippen LogP contribution in [0.4, 0.5) is 0 Å². The van der Waals surface area contributed by atoms with Crippen molar-refractivity contribution in [1.82, 2.24) is 15.0 Å². The zero-order valence-corrected chi connectivity index (χ0v) is 29.1. The summed E-state index contributed by atoms with van der Waals surface area (Å²) in [6, 6.07) is 62.9. The van der Waals surface area contributed by atoms with Gasteiger partial charge in [-0.3, -0.25) is 0 Å². The van der Waals surface area contributed by atoms with Gasteiger partial charge in [0.25, 0.3) is 0 Å². The van der Waals surface area contributed by atoms with E-state index >= 15 is 0 Å². The monoisotopic (exact) mass is 669 g/mol. The Kier molecular flexibility index (Phi) is 8.46. The lowest BCUT2D eigenvalue weighted by molar-refractivity contribution is 0.346. The van der Waals surface area contributed by atoms with Crippen LogP contribution in [-0.4, -0.2) is 15.0 Å². The molecule has 8 aromatic rings. The Bertz CT molecular complexity index is 2460. The van der Waals surface area contributed by atoms with E-state index in [1.807, 2.05) is 18.2 Å².